The van der Waals surface area contributed by atoms with Gasteiger partial charge in [-0.1, -0.05) is 24.3 Å². The number of hydrogen-bond acceptors (Lipinski definition) is 2. The highest BCUT2D eigenvalue weighted by atomic mass is 19.4. The Morgan fingerprint density at radius 1 is 0.964 bits per heavy atom. The van der Waals surface area contributed by atoms with E-state index < -0.39 is 46.9 Å². The van der Waals surface area contributed by atoms with Crippen LogP contribution in [-0.4, -0.2) is 28.6 Å². The first-order valence-corrected chi connectivity index (χ1v) is 8.40. The van der Waals surface area contributed by atoms with Crippen molar-refractivity contribution < 1.29 is 31.5 Å². The first-order chi connectivity index (χ1) is 13.1. The first-order valence-electron chi connectivity index (χ1n) is 8.40. The second-order valence-electron chi connectivity index (χ2n) is 6.87. The van der Waals surface area contributed by atoms with Gasteiger partial charge in [-0.15, -0.1) is 0 Å². The third-order valence-corrected chi connectivity index (χ3v) is 4.98. The lowest BCUT2D eigenvalue weighted by atomic mass is 9.98. The van der Waals surface area contributed by atoms with Crippen LogP contribution in [0.4, 0.5) is 26.7 Å². The lowest BCUT2D eigenvalue weighted by molar-refractivity contribution is -0.183. The fourth-order valence-electron chi connectivity index (χ4n) is 3.37. The van der Waals surface area contributed by atoms with Crippen LogP contribution in [0.25, 0.3) is 11.1 Å². The van der Waals surface area contributed by atoms with Crippen LogP contribution in [0.3, 0.4) is 0 Å². The Kier molecular flexibility index (Phi) is 3.95. The number of imide groups is 1. The van der Waals surface area contributed by atoms with Crippen molar-refractivity contribution in [1.29, 1.82) is 0 Å². The largest absolute Gasteiger partial charge is 0.413 e. The summed E-state index contributed by atoms with van der Waals surface area (Å²) < 4.78 is 68.9. The first kappa shape index (κ1) is 18.4. The van der Waals surface area contributed by atoms with Gasteiger partial charge < -0.3 is 5.32 Å². The Morgan fingerprint density at radius 2 is 1.57 bits per heavy atom. The second kappa shape index (κ2) is 6.02. The van der Waals surface area contributed by atoms with E-state index in [0.29, 0.717) is 5.56 Å². The molecule has 2 aliphatic rings. The molecular formula is C19H13F5N2O2. The molecule has 9 heteroatoms. The summed E-state index contributed by atoms with van der Waals surface area (Å²) in [6.45, 7) is 0. The molecule has 0 bridgehead atoms. The summed E-state index contributed by atoms with van der Waals surface area (Å²) in [6.07, 6.45) is -4.55. The monoisotopic (exact) mass is 396 g/mol. The Hall–Kier alpha value is -2.97. The SMILES string of the molecule is O=C1NC2(CC2)C(=O)N1[C@@H](c1ccc(-c2ccc(F)cc2)cc1F)C(F)(F)F. The predicted octanol–water partition coefficient (Wildman–Crippen LogP) is 4.32. The van der Waals surface area contributed by atoms with E-state index in [1.54, 1.807) is 0 Å². The van der Waals surface area contributed by atoms with Gasteiger partial charge in [-0.3, -0.25) is 4.79 Å². The van der Waals surface area contributed by atoms with Gasteiger partial charge in [0.15, 0.2) is 6.04 Å². The van der Waals surface area contributed by atoms with E-state index in [4.69, 9.17) is 0 Å². The molecule has 0 aromatic heterocycles. The van der Waals surface area contributed by atoms with Crippen molar-refractivity contribution >= 4 is 11.9 Å². The van der Waals surface area contributed by atoms with Gasteiger partial charge in [0.1, 0.15) is 17.2 Å². The van der Waals surface area contributed by atoms with Crippen LogP contribution in [0.5, 0.6) is 0 Å². The van der Waals surface area contributed by atoms with E-state index >= 15 is 0 Å². The molecule has 1 N–H and O–H groups in total. The smallest absolute Gasteiger partial charge is 0.323 e. The summed E-state index contributed by atoms with van der Waals surface area (Å²) in [5.41, 5.74) is -1.48. The second-order valence-corrected chi connectivity index (χ2v) is 6.87. The molecule has 0 radical (unpaired) electrons. The number of carbonyl (C=O) groups is 2. The van der Waals surface area contributed by atoms with E-state index in [9.17, 15) is 31.5 Å². The van der Waals surface area contributed by atoms with Gasteiger partial charge in [-0.2, -0.15) is 13.2 Å². The summed E-state index contributed by atoms with van der Waals surface area (Å²) in [7, 11) is 0. The Labute approximate surface area is 155 Å². The molecule has 1 heterocycles. The molecule has 1 spiro atoms. The van der Waals surface area contributed by atoms with Crippen molar-refractivity contribution in [3.05, 3.63) is 59.7 Å². The van der Waals surface area contributed by atoms with Gasteiger partial charge in [0.2, 0.25) is 0 Å². The number of rotatable bonds is 3. The van der Waals surface area contributed by atoms with Crippen molar-refractivity contribution in [1.82, 2.24) is 10.2 Å². The van der Waals surface area contributed by atoms with Crippen molar-refractivity contribution in [2.75, 3.05) is 0 Å². The van der Waals surface area contributed by atoms with Crippen molar-refractivity contribution in [2.45, 2.75) is 30.6 Å². The van der Waals surface area contributed by atoms with Crippen LogP contribution < -0.4 is 5.32 Å². The van der Waals surface area contributed by atoms with Crippen LogP contribution in [0, 0.1) is 11.6 Å². The van der Waals surface area contributed by atoms with Crippen LogP contribution in [0.15, 0.2) is 42.5 Å². The number of carbonyl (C=O) groups excluding carboxylic acids is 2. The fourth-order valence-corrected chi connectivity index (χ4v) is 3.37. The molecule has 4 nitrogen and oxygen atoms in total. The van der Waals surface area contributed by atoms with Crippen LogP contribution >= 0.6 is 0 Å². The van der Waals surface area contributed by atoms with Gasteiger partial charge in [-0.05, 0) is 42.2 Å². The van der Waals surface area contributed by atoms with Gasteiger partial charge >= 0.3 is 12.2 Å². The van der Waals surface area contributed by atoms with E-state index in [0.717, 1.165) is 24.3 Å². The molecule has 28 heavy (non-hydrogen) atoms. The maximum atomic E-state index is 14.7. The zero-order valence-electron chi connectivity index (χ0n) is 14.2. The van der Waals surface area contributed by atoms with E-state index in [1.165, 1.54) is 18.2 Å². The van der Waals surface area contributed by atoms with Crippen LogP contribution in [-0.2, 0) is 4.79 Å². The minimum Gasteiger partial charge on any atom is -0.323 e. The minimum atomic E-state index is -5.06. The molecule has 0 unspecified atom stereocenters. The standard InChI is InChI=1S/C19H13F5N2O2/c20-12-4-1-10(2-5-12)11-3-6-13(14(21)9-11)15(19(22,23)24)26-16(27)18(7-8-18)25-17(26)28/h1-6,9,15H,7-8H2,(H,25,28)/t15-/m0/s1. The summed E-state index contributed by atoms with van der Waals surface area (Å²) in [4.78, 5) is 24.5. The zero-order valence-corrected chi connectivity index (χ0v) is 14.2. The summed E-state index contributed by atoms with van der Waals surface area (Å²) in [6, 6.07) is 4.07. The van der Waals surface area contributed by atoms with E-state index in [2.05, 4.69) is 5.32 Å². The maximum absolute atomic E-state index is 14.7. The zero-order chi connectivity index (χ0) is 20.3. The number of nitrogens with one attached hydrogen (secondary N) is 1. The highest BCUT2D eigenvalue weighted by Crippen LogP contribution is 2.47. The number of nitrogens with zero attached hydrogens (tertiary/aromatic N) is 1. The molecule has 1 aliphatic heterocycles. The third kappa shape index (κ3) is 2.90. The van der Waals surface area contributed by atoms with Crippen LogP contribution in [0.1, 0.15) is 24.4 Å². The van der Waals surface area contributed by atoms with Gasteiger partial charge in [0, 0.05) is 5.56 Å². The highest BCUT2D eigenvalue weighted by Gasteiger charge is 2.64. The van der Waals surface area contributed by atoms with E-state index in [-0.39, 0.29) is 23.3 Å². The number of urea groups is 1. The Morgan fingerprint density at radius 3 is 2.07 bits per heavy atom. The molecule has 2 aromatic rings. The van der Waals surface area contributed by atoms with Gasteiger partial charge in [0.25, 0.3) is 5.91 Å². The fraction of sp³-hybridized carbons (Fsp3) is 0.263. The molecule has 2 fully saturated rings. The molecule has 3 amide bonds. The Bertz CT molecular complexity index is 967. The quantitative estimate of drug-likeness (QED) is 0.621. The van der Waals surface area contributed by atoms with Crippen molar-refractivity contribution in [2.24, 2.45) is 0 Å². The van der Waals surface area contributed by atoms with E-state index in [1.807, 2.05) is 0 Å². The van der Waals surface area contributed by atoms with Crippen LogP contribution in [0.2, 0.25) is 0 Å². The molecule has 146 valence electrons. The topological polar surface area (TPSA) is 49.4 Å². The average molecular weight is 396 g/mol. The molecule has 1 saturated heterocycles. The number of alkyl halides is 3. The van der Waals surface area contributed by atoms with Crippen molar-refractivity contribution in [3.63, 3.8) is 0 Å². The number of benzene rings is 2. The Balaban J connectivity index is 1.75. The van der Waals surface area contributed by atoms with Crippen molar-refractivity contribution in [3.8, 4) is 11.1 Å². The van der Waals surface area contributed by atoms with Gasteiger partial charge in [-0.25, -0.2) is 18.5 Å². The number of hydrogen-bond donors (Lipinski definition) is 1. The summed E-state index contributed by atoms with van der Waals surface area (Å²) in [5.74, 6) is -2.73. The molecule has 1 aliphatic carbocycles. The summed E-state index contributed by atoms with van der Waals surface area (Å²) in [5, 5.41) is 2.27. The predicted molar refractivity (Wildman–Crippen MR) is 87.9 cm³/mol. The number of halogens is 5. The van der Waals surface area contributed by atoms with Gasteiger partial charge in [0.05, 0.1) is 0 Å². The lowest BCUT2D eigenvalue weighted by Gasteiger charge is -2.28. The molecule has 1 saturated carbocycles. The molecule has 2 aromatic carbocycles. The normalized spacial score (nSPS) is 19.1. The lowest BCUT2D eigenvalue weighted by Crippen LogP contribution is -2.43. The molecular weight excluding hydrogens is 383 g/mol. The average Bonchev–Trinajstić information content (AvgIpc) is 3.35. The molecule has 4 rings (SSSR count). The maximum Gasteiger partial charge on any atom is 0.413 e. The minimum absolute atomic E-state index is 0.0585. The molecule has 1 atom stereocenters. The number of amides is 3. The summed E-state index contributed by atoms with van der Waals surface area (Å²) >= 11 is 0. The third-order valence-electron chi connectivity index (χ3n) is 4.98. The highest BCUT2D eigenvalue weighted by molar-refractivity contribution is 6.09.